The second kappa shape index (κ2) is 5.73. The van der Waals surface area contributed by atoms with Crippen molar-refractivity contribution < 1.29 is 9.90 Å². The lowest BCUT2D eigenvalue weighted by Crippen LogP contribution is -2.45. The van der Waals surface area contributed by atoms with Crippen molar-refractivity contribution in [2.75, 3.05) is 19.6 Å². The van der Waals surface area contributed by atoms with Crippen LogP contribution in [0.25, 0.3) is 0 Å². The van der Waals surface area contributed by atoms with E-state index in [0.29, 0.717) is 5.92 Å². The molecule has 1 fully saturated rings. The average molecular weight is 288 g/mol. The first-order valence-electron chi connectivity index (χ1n) is 6.67. The zero-order valence-corrected chi connectivity index (χ0v) is 11.8. The van der Waals surface area contributed by atoms with E-state index in [1.807, 2.05) is 6.07 Å². The maximum Gasteiger partial charge on any atom is 0.355 e. The summed E-state index contributed by atoms with van der Waals surface area (Å²) in [4.78, 5) is 17.3. The normalized spacial score (nSPS) is 16.0. The summed E-state index contributed by atoms with van der Waals surface area (Å²) in [6.45, 7) is 3.12. The van der Waals surface area contributed by atoms with Gasteiger partial charge in [-0.05, 0) is 5.56 Å². The summed E-state index contributed by atoms with van der Waals surface area (Å²) in [5.74, 6) is -0.303. The van der Waals surface area contributed by atoms with Crippen molar-refractivity contribution in [2.45, 2.75) is 12.3 Å². The lowest BCUT2D eigenvalue weighted by atomic mass is 9.91. The van der Waals surface area contributed by atoms with Crippen LogP contribution in [0.5, 0.6) is 0 Å². The molecule has 2 aromatic rings. The van der Waals surface area contributed by atoms with Gasteiger partial charge in [-0.2, -0.15) is 0 Å². The number of hydrogen-bond donors (Lipinski definition) is 1. The third kappa shape index (κ3) is 2.89. The van der Waals surface area contributed by atoms with Crippen LogP contribution in [0.2, 0.25) is 0 Å². The predicted molar refractivity (Wildman–Crippen MR) is 78.4 cm³/mol. The van der Waals surface area contributed by atoms with Crippen LogP contribution in [0.4, 0.5) is 0 Å². The van der Waals surface area contributed by atoms with Gasteiger partial charge in [0, 0.05) is 37.4 Å². The van der Waals surface area contributed by atoms with Gasteiger partial charge in [0.2, 0.25) is 0 Å². The SMILES string of the molecule is O=C(O)c1csc(CCN2CC(c3ccccc3)C2)n1. The number of carboxylic acid groups (broad SMARTS) is 1. The van der Waals surface area contributed by atoms with E-state index < -0.39 is 5.97 Å². The Morgan fingerprint density at radius 1 is 1.35 bits per heavy atom. The van der Waals surface area contributed by atoms with Crippen molar-refractivity contribution in [1.29, 1.82) is 0 Å². The monoisotopic (exact) mass is 288 g/mol. The number of carboxylic acids is 1. The third-order valence-electron chi connectivity index (χ3n) is 3.64. The number of rotatable bonds is 5. The molecule has 0 bridgehead atoms. The van der Waals surface area contributed by atoms with Gasteiger partial charge < -0.3 is 10.0 Å². The number of aromatic nitrogens is 1. The Morgan fingerprint density at radius 3 is 2.75 bits per heavy atom. The van der Waals surface area contributed by atoms with Crippen molar-refractivity contribution >= 4 is 17.3 Å². The molecule has 0 atom stereocenters. The molecule has 1 aliphatic heterocycles. The molecule has 2 heterocycles. The minimum absolute atomic E-state index is 0.163. The first-order chi connectivity index (χ1) is 9.72. The standard InChI is InChI=1S/C15H16N2O2S/c18-15(19)13-10-20-14(16-13)6-7-17-8-12(9-17)11-4-2-1-3-5-11/h1-5,10,12H,6-9H2,(H,18,19). The summed E-state index contributed by atoms with van der Waals surface area (Å²) in [6, 6.07) is 10.6. The molecule has 0 unspecified atom stereocenters. The highest BCUT2D eigenvalue weighted by molar-refractivity contribution is 7.09. The molecular weight excluding hydrogens is 272 g/mol. The van der Waals surface area contributed by atoms with Gasteiger partial charge in [0.15, 0.2) is 5.69 Å². The van der Waals surface area contributed by atoms with Gasteiger partial charge in [0.05, 0.1) is 5.01 Å². The fraction of sp³-hybridized carbons (Fsp3) is 0.333. The molecule has 0 radical (unpaired) electrons. The van der Waals surface area contributed by atoms with E-state index >= 15 is 0 Å². The number of likely N-dealkylation sites (tertiary alicyclic amines) is 1. The maximum atomic E-state index is 10.8. The number of benzene rings is 1. The summed E-state index contributed by atoms with van der Waals surface area (Å²) in [7, 11) is 0. The van der Waals surface area contributed by atoms with Gasteiger partial charge in [-0.25, -0.2) is 9.78 Å². The molecule has 1 aromatic carbocycles. The summed E-state index contributed by atoms with van der Waals surface area (Å²) >= 11 is 1.43. The van der Waals surface area contributed by atoms with E-state index in [1.54, 1.807) is 5.38 Å². The van der Waals surface area contributed by atoms with Crippen molar-refractivity contribution in [3.05, 3.63) is 52.0 Å². The van der Waals surface area contributed by atoms with Crippen molar-refractivity contribution in [3.8, 4) is 0 Å². The van der Waals surface area contributed by atoms with Gasteiger partial charge in [0.25, 0.3) is 0 Å². The molecule has 5 heteroatoms. The van der Waals surface area contributed by atoms with Crippen LogP contribution in [0.1, 0.15) is 27.0 Å². The van der Waals surface area contributed by atoms with Crippen molar-refractivity contribution in [2.24, 2.45) is 0 Å². The van der Waals surface area contributed by atoms with E-state index in [2.05, 4.69) is 34.1 Å². The first kappa shape index (κ1) is 13.3. The van der Waals surface area contributed by atoms with E-state index in [0.717, 1.165) is 31.1 Å². The van der Waals surface area contributed by atoms with Crippen LogP contribution in [-0.2, 0) is 6.42 Å². The quantitative estimate of drug-likeness (QED) is 0.918. The molecular formula is C15H16N2O2S. The Hall–Kier alpha value is -1.72. The molecule has 0 spiro atoms. The minimum atomic E-state index is -0.944. The molecule has 3 rings (SSSR count). The number of nitrogens with zero attached hydrogens (tertiary/aromatic N) is 2. The molecule has 1 saturated heterocycles. The summed E-state index contributed by atoms with van der Waals surface area (Å²) in [5.41, 5.74) is 1.57. The summed E-state index contributed by atoms with van der Waals surface area (Å²) < 4.78 is 0. The summed E-state index contributed by atoms with van der Waals surface area (Å²) in [6.07, 6.45) is 0.833. The summed E-state index contributed by atoms with van der Waals surface area (Å²) in [5, 5.41) is 11.3. The van der Waals surface area contributed by atoms with E-state index in [9.17, 15) is 4.79 Å². The average Bonchev–Trinajstić information content (AvgIpc) is 2.87. The molecule has 0 saturated carbocycles. The van der Waals surface area contributed by atoms with Crippen LogP contribution in [0, 0.1) is 0 Å². The largest absolute Gasteiger partial charge is 0.476 e. The number of carbonyl (C=O) groups is 1. The highest BCUT2D eigenvalue weighted by atomic mass is 32.1. The smallest absolute Gasteiger partial charge is 0.355 e. The molecule has 1 aliphatic rings. The van der Waals surface area contributed by atoms with Crippen LogP contribution in [0.3, 0.4) is 0 Å². The van der Waals surface area contributed by atoms with Gasteiger partial charge in [0.1, 0.15) is 0 Å². The maximum absolute atomic E-state index is 10.8. The molecule has 1 aromatic heterocycles. The van der Waals surface area contributed by atoms with Crippen molar-refractivity contribution in [3.63, 3.8) is 0 Å². The van der Waals surface area contributed by atoms with Crippen molar-refractivity contribution in [1.82, 2.24) is 9.88 Å². The molecule has 104 valence electrons. The minimum Gasteiger partial charge on any atom is -0.476 e. The molecule has 4 nitrogen and oxygen atoms in total. The fourth-order valence-electron chi connectivity index (χ4n) is 2.47. The zero-order chi connectivity index (χ0) is 13.9. The Kier molecular flexibility index (Phi) is 3.80. The lowest BCUT2D eigenvalue weighted by molar-refractivity contribution is 0.0691. The number of hydrogen-bond acceptors (Lipinski definition) is 4. The number of thiazole rings is 1. The topological polar surface area (TPSA) is 53.4 Å². The van der Waals surface area contributed by atoms with E-state index in [-0.39, 0.29) is 5.69 Å². The Bertz CT molecular complexity index is 591. The Balaban J connectivity index is 1.46. The zero-order valence-electron chi connectivity index (χ0n) is 11.0. The van der Waals surface area contributed by atoms with Gasteiger partial charge >= 0.3 is 5.97 Å². The predicted octanol–water partition coefficient (Wildman–Crippen LogP) is 2.48. The van der Waals surface area contributed by atoms with Gasteiger partial charge in [-0.3, -0.25) is 0 Å². The number of aromatic carboxylic acids is 1. The second-order valence-electron chi connectivity index (χ2n) is 5.05. The molecule has 20 heavy (non-hydrogen) atoms. The van der Waals surface area contributed by atoms with Crippen LogP contribution < -0.4 is 0 Å². The molecule has 1 N–H and O–H groups in total. The van der Waals surface area contributed by atoms with Crippen LogP contribution in [0.15, 0.2) is 35.7 Å². The molecule has 0 amide bonds. The highest BCUT2D eigenvalue weighted by Gasteiger charge is 2.27. The molecule has 0 aliphatic carbocycles. The third-order valence-corrected chi connectivity index (χ3v) is 4.55. The van der Waals surface area contributed by atoms with Gasteiger partial charge in [-0.15, -0.1) is 11.3 Å². The lowest BCUT2D eigenvalue weighted by Gasteiger charge is -2.39. The van der Waals surface area contributed by atoms with E-state index in [1.165, 1.54) is 16.9 Å². The highest BCUT2D eigenvalue weighted by Crippen LogP contribution is 2.26. The van der Waals surface area contributed by atoms with Crippen LogP contribution in [-0.4, -0.2) is 40.6 Å². The first-order valence-corrected chi connectivity index (χ1v) is 7.55. The Morgan fingerprint density at radius 2 is 2.10 bits per heavy atom. The van der Waals surface area contributed by atoms with Crippen LogP contribution >= 0.6 is 11.3 Å². The fourth-order valence-corrected chi connectivity index (χ4v) is 3.23. The second-order valence-corrected chi connectivity index (χ2v) is 5.99. The van der Waals surface area contributed by atoms with E-state index in [4.69, 9.17) is 5.11 Å². The van der Waals surface area contributed by atoms with Gasteiger partial charge in [-0.1, -0.05) is 30.3 Å². The Labute approximate surface area is 121 Å².